The fourth-order valence-electron chi connectivity index (χ4n) is 2.41. The molecule has 0 saturated carbocycles. The van der Waals surface area contributed by atoms with E-state index >= 15 is 0 Å². The predicted molar refractivity (Wildman–Crippen MR) is 113 cm³/mol. The zero-order valence-electron chi connectivity index (χ0n) is 15.6. The van der Waals surface area contributed by atoms with E-state index < -0.39 is 12.0 Å². The van der Waals surface area contributed by atoms with Crippen molar-refractivity contribution in [2.75, 3.05) is 10.6 Å². The topological polar surface area (TPSA) is 100 Å². The minimum absolute atomic E-state index is 0.217. The second kappa shape index (κ2) is 8.53. The molecule has 7 nitrogen and oxygen atoms in total. The summed E-state index contributed by atoms with van der Waals surface area (Å²) in [5.74, 6) is -0.774. The SMILES string of the molecule is CC(C)Nc1ncc(-c2cc(-c3ccccc3Cl)nc(NC(C)C(=O)O)n2)s1. The van der Waals surface area contributed by atoms with Gasteiger partial charge in [0.1, 0.15) is 6.04 Å². The molecule has 0 radical (unpaired) electrons. The quantitative estimate of drug-likeness (QED) is 0.515. The molecule has 0 fully saturated rings. The number of benzene rings is 1. The normalized spacial score (nSPS) is 12.0. The van der Waals surface area contributed by atoms with Crippen molar-refractivity contribution in [1.82, 2.24) is 15.0 Å². The molecule has 2 aromatic heterocycles. The van der Waals surface area contributed by atoms with Gasteiger partial charge in [-0.1, -0.05) is 41.1 Å². The number of thiazole rings is 1. The average Bonchev–Trinajstić information content (AvgIpc) is 3.09. The third-order valence-corrected chi connectivity index (χ3v) is 5.04. The van der Waals surface area contributed by atoms with Gasteiger partial charge in [0, 0.05) is 22.8 Å². The van der Waals surface area contributed by atoms with Crippen LogP contribution in [0.1, 0.15) is 20.8 Å². The van der Waals surface area contributed by atoms with E-state index in [1.165, 1.54) is 18.3 Å². The van der Waals surface area contributed by atoms with E-state index in [2.05, 4.69) is 25.6 Å². The monoisotopic (exact) mass is 417 g/mol. The fraction of sp³-hybridized carbons (Fsp3) is 0.263. The highest BCUT2D eigenvalue weighted by atomic mass is 35.5. The number of nitrogens with one attached hydrogen (secondary N) is 2. The Hall–Kier alpha value is -2.71. The van der Waals surface area contributed by atoms with Gasteiger partial charge in [-0.2, -0.15) is 0 Å². The van der Waals surface area contributed by atoms with Crippen LogP contribution in [0.2, 0.25) is 5.02 Å². The largest absolute Gasteiger partial charge is 0.480 e. The van der Waals surface area contributed by atoms with Gasteiger partial charge in [-0.25, -0.2) is 15.0 Å². The summed E-state index contributed by atoms with van der Waals surface area (Å²) in [5.41, 5.74) is 1.98. The molecule has 0 saturated heterocycles. The van der Waals surface area contributed by atoms with E-state index in [1.807, 2.05) is 38.1 Å². The van der Waals surface area contributed by atoms with Crippen LogP contribution in [-0.4, -0.2) is 38.1 Å². The van der Waals surface area contributed by atoms with Crippen LogP contribution in [0.4, 0.5) is 11.1 Å². The number of hydrogen-bond acceptors (Lipinski definition) is 7. The first-order valence-corrected chi connectivity index (χ1v) is 9.89. The van der Waals surface area contributed by atoms with Crippen molar-refractivity contribution in [2.45, 2.75) is 32.9 Å². The maximum Gasteiger partial charge on any atom is 0.325 e. The number of halogens is 1. The fourth-order valence-corrected chi connectivity index (χ4v) is 3.56. The number of carbonyl (C=O) groups is 1. The van der Waals surface area contributed by atoms with Crippen molar-refractivity contribution in [3.63, 3.8) is 0 Å². The van der Waals surface area contributed by atoms with Crippen molar-refractivity contribution < 1.29 is 9.90 Å². The Balaban J connectivity index is 2.06. The Bertz CT molecular complexity index is 992. The van der Waals surface area contributed by atoms with E-state index in [4.69, 9.17) is 11.6 Å². The standard InChI is InChI=1S/C19H20ClN5O2S/c1-10(2)22-19-21-9-16(28-19)15-8-14(12-6-4-5-7-13(12)20)24-18(25-15)23-11(3)17(26)27/h4-11H,1-3H3,(H,21,22)(H,26,27)(H,23,24,25). The number of aliphatic carboxylic acids is 1. The second-order valence-corrected chi connectivity index (χ2v) is 7.91. The minimum atomic E-state index is -0.991. The zero-order chi connectivity index (χ0) is 20.3. The maximum atomic E-state index is 11.2. The first-order valence-electron chi connectivity index (χ1n) is 8.69. The molecule has 1 atom stereocenters. The number of aromatic nitrogens is 3. The summed E-state index contributed by atoms with van der Waals surface area (Å²) in [4.78, 5) is 25.4. The van der Waals surface area contributed by atoms with Crippen LogP contribution < -0.4 is 10.6 Å². The van der Waals surface area contributed by atoms with Crippen molar-refractivity contribution in [1.29, 1.82) is 0 Å². The summed E-state index contributed by atoms with van der Waals surface area (Å²) in [6, 6.07) is 8.59. The summed E-state index contributed by atoms with van der Waals surface area (Å²) in [6.45, 7) is 5.61. The number of hydrogen-bond donors (Lipinski definition) is 3. The van der Waals surface area contributed by atoms with Crippen molar-refractivity contribution in [3.05, 3.63) is 41.6 Å². The van der Waals surface area contributed by atoms with Crippen LogP contribution in [0.3, 0.4) is 0 Å². The van der Waals surface area contributed by atoms with E-state index in [9.17, 15) is 9.90 Å². The molecule has 3 aromatic rings. The molecule has 28 heavy (non-hydrogen) atoms. The Morgan fingerprint density at radius 3 is 2.54 bits per heavy atom. The van der Waals surface area contributed by atoms with Gasteiger partial charge in [0.15, 0.2) is 5.13 Å². The number of carboxylic acid groups (broad SMARTS) is 1. The van der Waals surface area contributed by atoms with Crippen LogP contribution in [0.25, 0.3) is 21.8 Å². The summed E-state index contributed by atoms with van der Waals surface area (Å²) >= 11 is 7.80. The lowest BCUT2D eigenvalue weighted by molar-refractivity contribution is -0.137. The Labute approximate surface area is 171 Å². The van der Waals surface area contributed by atoms with Gasteiger partial charge in [-0.3, -0.25) is 4.79 Å². The highest BCUT2D eigenvalue weighted by Gasteiger charge is 2.16. The summed E-state index contributed by atoms with van der Waals surface area (Å²) < 4.78 is 0. The molecule has 3 N–H and O–H groups in total. The van der Waals surface area contributed by atoms with Gasteiger partial charge >= 0.3 is 5.97 Å². The Morgan fingerprint density at radius 1 is 1.14 bits per heavy atom. The average molecular weight is 418 g/mol. The Morgan fingerprint density at radius 2 is 1.86 bits per heavy atom. The van der Waals surface area contributed by atoms with Crippen LogP contribution in [0.15, 0.2) is 36.5 Å². The number of nitrogens with zero attached hydrogens (tertiary/aromatic N) is 3. The second-order valence-electron chi connectivity index (χ2n) is 6.47. The van der Waals surface area contributed by atoms with E-state index in [0.717, 1.165) is 15.6 Å². The van der Waals surface area contributed by atoms with E-state index in [-0.39, 0.29) is 12.0 Å². The predicted octanol–water partition coefficient (Wildman–Crippen LogP) is 4.63. The van der Waals surface area contributed by atoms with Crippen LogP contribution in [0, 0.1) is 0 Å². The zero-order valence-corrected chi connectivity index (χ0v) is 17.2. The summed E-state index contributed by atoms with van der Waals surface area (Å²) in [7, 11) is 0. The molecule has 9 heteroatoms. The highest BCUT2D eigenvalue weighted by Crippen LogP contribution is 2.33. The Kier molecular flexibility index (Phi) is 6.11. The lowest BCUT2D eigenvalue weighted by Gasteiger charge is -2.12. The van der Waals surface area contributed by atoms with E-state index in [0.29, 0.717) is 16.4 Å². The van der Waals surface area contributed by atoms with Crippen molar-refractivity contribution in [3.8, 4) is 21.8 Å². The van der Waals surface area contributed by atoms with Crippen molar-refractivity contribution >= 4 is 40.0 Å². The summed E-state index contributed by atoms with van der Waals surface area (Å²) in [6.07, 6.45) is 1.73. The minimum Gasteiger partial charge on any atom is -0.480 e. The lowest BCUT2D eigenvalue weighted by Crippen LogP contribution is -2.26. The summed E-state index contributed by atoms with van der Waals surface area (Å²) in [5, 5.41) is 16.6. The smallest absolute Gasteiger partial charge is 0.325 e. The van der Waals surface area contributed by atoms with Crippen LogP contribution in [0.5, 0.6) is 0 Å². The van der Waals surface area contributed by atoms with Crippen molar-refractivity contribution in [2.24, 2.45) is 0 Å². The van der Waals surface area contributed by atoms with Crippen LogP contribution in [-0.2, 0) is 4.79 Å². The molecule has 3 rings (SSSR count). The van der Waals surface area contributed by atoms with Gasteiger partial charge < -0.3 is 15.7 Å². The molecule has 1 aromatic carbocycles. The molecule has 1 unspecified atom stereocenters. The molecule has 2 heterocycles. The first-order chi connectivity index (χ1) is 13.3. The third-order valence-electron chi connectivity index (χ3n) is 3.76. The lowest BCUT2D eigenvalue weighted by atomic mass is 10.1. The number of carboxylic acids is 1. The molecule has 0 bridgehead atoms. The van der Waals surface area contributed by atoms with Gasteiger partial charge in [-0.05, 0) is 32.9 Å². The highest BCUT2D eigenvalue weighted by molar-refractivity contribution is 7.18. The van der Waals surface area contributed by atoms with Gasteiger partial charge in [0.05, 0.1) is 16.3 Å². The van der Waals surface area contributed by atoms with Gasteiger partial charge in [0.2, 0.25) is 5.95 Å². The van der Waals surface area contributed by atoms with Gasteiger partial charge in [0.25, 0.3) is 0 Å². The molecule has 0 amide bonds. The number of rotatable bonds is 7. The first kappa shape index (κ1) is 20.0. The molecule has 0 aliphatic heterocycles. The maximum absolute atomic E-state index is 11.2. The van der Waals surface area contributed by atoms with Crippen LogP contribution >= 0.6 is 22.9 Å². The number of anilines is 2. The molecular formula is C19H20ClN5O2S. The molecule has 0 aliphatic rings. The molecule has 0 spiro atoms. The third kappa shape index (κ3) is 4.76. The molecule has 146 valence electrons. The van der Waals surface area contributed by atoms with Gasteiger partial charge in [-0.15, -0.1) is 0 Å². The molecule has 0 aliphatic carbocycles. The molecular weight excluding hydrogens is 398 g/mol. The van der Waals surface area contributed by atoms with E-state index in [1.54, 1.807) is 12.3 Å².